The van der Waals surface area contributed by atoms with E-state index >= 15 is 0 Å². The van der Waals surface area contributed by atoms with Crippen molar-refractivity contribution in [2.24, 2.45) is 0 Å². The van der Waals surface area contributed by atoms with Crippen molar-refractivity contribution in [1.29, 1.82) is 0 Å². The van der Waals surface area contributed by atoms with Crippen molar-refractivity contribution in [3.8, 4) is 0 Å². The van der Waals surface area contributed by atoms with Gasteiger partial charge in [0.15, 0.2) is 0 Å². The number of esters is 1. The Bertz CT molecular complexity index is 183. The van der Waals surface area contributed by atoms with Crippen LogP contribution in [0.4, 0.5) is 0 Å². The van der Waals surface area contributed by atoms with Crippen LogP contribution in [0.15, 0.2) is 12.2 Å². The third-order valence-electron chi connectivity index (χ3n) is 2.23. The molecule has 0 aromatic rings. The summed E-state index contributed by atoms with van der Waals surface area (Å²) in [4.78, 5) is 10.8. The third-order valence-corrected chi connectivity index (χ3v) is 2.23. The molecule has 0 aromatic carbocycles. The topological polar surface area (TPSA) is 38.3 Å². The van der Waals surface area contributed by atoms with Gasteiger partial charge in [0.1, 0.15) is 0 Å². The van der Waals surface area contributed by atoms with Crippen LogP contribution in [-0.4, -0.2) is 25.7 Å². The average molecular weight is 183 g/mol. The molecular formula is C10H17NO2. The lowest BCUT2D eigenvalue weighted by atomic mass is 10.0. The van der Waals surface area contributed by atoms with Crippen LogP contribution >= 0.6 is 0 Å². The lowest BCUT2D eigenvalue weighted by Crippen LogP contribution is -2.32. The second-order valence-electron chi connectivity index (χ2n) is 3.26. The van der Waals surface area contributed by atoms with Crippen molar-refractivity contribution < 1.29 is 9.53 Å². The van der Waals surface area contributed by atoms with Gasteiger partial charge in [-0.1, -0.05) is 18.6 Å². The fourth-order valence-electron chi connectivity index (χ4n) is 1.45. The summed E-state index contributed by atoms with van der Waals surface area (Å²) in [7, 11) is 1.41. The second-order valence-corrected chi connectivity index (χ2v) is 3.26. The molecule has 1 saturated heterocycles. The van der Waals surface area contributed by atoms with E-state index in [2.05, 4.69) is 16.1 Å². The minimum atomic E-state index is -0.174. The largest absolute Gasteiger partial charge is 0.469 e. The smallest absolute Gasteiger partial charge is 0.309 e. The number of hydrogen-bond acceptors (Lipinski definition) is 3. The fourth-order valence-corrected chi connectivity index (χ4v) is 1.45. The van der Waals surface area contributed by atoms with E-state index in [1.165, 1.54) is 26.4 Å². The molecule has 1 unspecified atom stereocenters. The molecule has 1 heterocycles. The molecule has 1 atom stereocenters. The molecule has 13 heavy (non-hydrogen) atoms. The average Bonchev–Trinajstić information content (AvgIpc) is 2.19. The summed E-state index contributed by atoms with van der Waals surface area (Å²) in [5, 5.41) is 3.37. The maximum Gasteiger partial charge on any atom is 0.309 e. The Morgan fingerprint density at radius 1 is 1.62 bits per heavy atom. The Kier molecular flexibility index (Phi) is 4.54. The van der Waals surface area contributed by atoms with E-state index in [9.17, 15) is 4.79 Å². The summed E-state index contributed by atoms with van der Waals surface area (Å²) in [6.45, 7) is 1.09. The first-order valence-electron chi connectivity index (χ1n) is 4.80. The first kappa shape index (κ1) is 10.3. The number of piperidine rings is 1. The molecule has 0 bridgehead atoms. The molecule has 0 radical (unpaired) electrons. The van der Waals surface area contributed by atoms with E-state index in [4.69, 9.17) is 0 Å². The molecule has 0 amide bonds. The minimum absolute atomic E-state index is 0.174. The van der Waals surface area contributed by atoms with Crippen molar-refractivity contribution in [3.05, 3.63) is 12.2 Å². The zero-order valence-corrected chi connectivity index (χ0v) is 8.08. The zero-order chi connectivity index (χ0) is 9.52. The molecule has 3 heteroatoms. The Hall–Kier alpha value is -0.830. The highest BCUT2D eigenvalue weighted by Crippen LogP contribution is 2.07. The molecule has 1 aliphatic heterocycles. The quantitative estimate of drug-likeness (QED) is 0.528. The van der Waals surface area contributed by atoms with Crippen LogP contribution in [0.25, 0.3) is 0 Å². The lowest BCUT2D eigenvalue weighted by molar-refractivity contribution is -0.139. The molecule has 1 N–H and O–H groups in total. The van der Waals surface area contributed by atoms with Crippen molar-refractivity contribution in [3.63, 3.8) is 0 Å². The Balaban J connectivity index is 2.18. The molecular weight excluding hydrogens is 166 g/mol. The fraction of sp³-hybridized carbons (Fsp3) is 0.700. The summed E-state index contributed by atoms with van der Waals surface area (Å²) in [5.41, 5.74) is 0. The van der Waals surface area contributed by atoms with E-state index < -0.39 is 0 Å². The van der Waals surface area contributed by atoms with Gasteiger partial charge in [-0.05, 0) is 19.4 Å². The molecule has 1 fully saturated rings. The van der Waals surface area contributed by atoms with Gasteiger partial charge in [-0.3, -0.25) is 4.79 Å². The van der Waals surface area contributed by atoms with Gasteiger partial charge in [0.05, 0.1) is 13.5 Å². The van der Waals surface area contributed by atoms with Gasteiger partial charge < -0.3 is 10.1 Å². The molecule has 1 aliphatic rings. The van der Waals surface area contributed by atoms with E-state index in [1.807, 2.05) is 6.08 Å². The van der Waals surface area contributed by atoms with Crippen LogP contribution in [0.2, 0.25) is 0 Å². The van der Waals surface area contributed by atoms with Crippen LogP contribution in [0.5, 0.6) is 0 Å². The Labute approximate surface area is 79.2 Å². The molecule has 0 saturated carbocycles. The Morgan fingerprint density at radius 3 is 3.08 bits per heavy atom. The van der Waals surface area contributed by atoms with Gasteiger partial charge >= 0.3 is 5.97 Å². The summed E-state index contributed by atoms with van der Waals surface area (Å²) in [6, 6.07) is 0.457. The van der Waals surface area contributed by atoms with Crippen molar-refractivity contribution in [1.82, 2.24) is 5.32 Å². The highest BCUT2D eigenvalue weighted by molar-refractivity contribution is 5.70. The number of hydrogen-bond donors (Lipinski definition) is 1. The summed E-state index contributed by atoms with van der Waals surface area (Å²) in [6.07, 6.45) is 8.05. The van der Waals surface area contributed by atoms with Gasteiger partial charge in [0, 0.05) is 6.04 Å². The predicted octanol–water partition coefficient (Wildman–Crippen LogP) is 1.25. The second kappa shape index (κ2) is 5.75. The standard InChI is InChI=1S/C10H17NO2/c1-13-10(12)7-4-6-9-5-2-3-8-11-9/h4,6,9,11H,2-3,5,7-8H2,1H3/b6-4-. The van der Waals surface area contributed by atoms with Crippen LogP contribution in [0.3, 0.4) is 0 Å². The zero-order valence-electron chi connectivity index (χ0n) is 8.08. The number of carbonyl (C=O) groups excluding carboxylic acids is 1. The number of carbonyl (C=O) groups is 1. The number of methoxy groups -OCH3 is 1. The van der Waals surface area contributed by atoms with Crippen LogP contribution in [-0.2, 0) is 9.53 Å². The first-order chi connectivity index (χ1) is 6.33. The van der Waals surface area contributed by atoms with Crippen LogP contribution < -0.4 is 5.32 Å². The molecule has 3 nitrogen and oxygen atoms in total. The van der Waals surface area contributed by atoms with Gasteiger partial charge in [0.2, 0.25) is 0 Å². The predicted molar refractivity (Wildman–Crippen MR) is 51.4 cm³/mol. The van der Waals surface area contributed by atoms with Gasteiger partial charge in [0.25, 0.3) is 0 Å². The Morgan fingerprint density at radius 2 is 2.46 bits per heavy atom. The van der Waals surface area contributed by atoms with Crippen molar-refractivity contribution >= 4 is 5.97 Å². The van der Waals surface area contributed by atoms with E-state index in [0.717, 1.165) is 6.54 Å². The third kappa shape index (κ3) is 4.08. The van der Waals surface area contributed by atoms with E-state index in [0.29, 0.717) is 12.5 Å². The minimum Gasteiger partial charge on any atom is -0.469 e. The summed E-state index contributed by atoms with van der Waals surface area (Å²) in [5.74, 6) is -0.174. The molecule has 0 aromatic heterocycles. The SMILES string of the molecule is COC(=O)C/C=C\C1CCCCN1. The summed E-state index contributed by atoms with van der Waals surface area (Å²) < 4.78 is 4.53. The number of rotatable bonds is 3. The highest BCUT2D eigenvalue weighted by atomic mass is 16.5. The van der Waals surface area contributed by atoms with Crippen molar-refractivity contribution in [2.45, 2.75) is 31.7 Å². The van der Waals surface area contributed by atoms with E-state index in [-0.39, 0.29) is 5.97 Å². The van der Waals surface area contributed by atoms with E-state index in [1.54, 1.807) is 0 Å². The highest BCUT2D eigenvalue weighted by Gasteiger charge is 2.08. The molecule has 0 spiro atoms. The van der Waals surface area contributed by atoms with Crippen molar-refractivity contribution in [2.75, 3.05) is 13.7 Å². The maximum atomic E-state index is 10.8. The number of nitrogens with one attached hydrogen (secondary N) is 1. The first-order valence-corrected chi connectivity index (χ1v) is 4.80. The summed E-state index contributed by atoms with van der Waals surface area (Å²) >= 11 is 0. The normalized spacial score (nSPS) is 23.3. The molecule has 1 rings (SSSR count). The molecule has 0 aliphatic carbocycles. The van der Waals surface area contributed by atoms with Gasteiger partial charge in [-0.25, -0.2) is 0 Å². The van der Waals surface area contributed by atoms with Crippen LogP contribution in [0, 0.1) is 0 Å². The lowest BCUT2D eigenvalue weighted by Gasteiger charge is -2.19. The maximum absolute atomic E-state index is 10.8. The monoisotopic (exact) mass is 183 g/mol. The van der Waals surface area contributed by atoms with Gasteiger partial charge in [-0.15, -0.1) is 0 Å². The van der Waals surface area contributed by atoms with Crippen LogP contribution in [0.1, 0.15) is 25.7 Å². The van der Waals surface area contributed by atoms with Gasteiger partial charge in [-0.2, -0.15) is 0 Å². The number of ether oxygens (including phenoxy) is 1. The molecule has 74 valence electrons.